The summed E-state index contributed by atoms with van der Waals surface area (Å²) in [6.45, 7) is 1.70. The lowest BCUT2D eigenvalue weighted by Crippen LogP contribution is -2.15. The molecule has 160 valence electrons. The number of alkyl halides is 3. The van der Waals surface area contributed by atoms with E-state index in [0.717, 1.165) is 28.5 Å². The molecule has 6 nitrogen and oxygen atoms in total. The van der Waals surface area contributed by atoms with Crippen LogP contribution >= 0.6 is 23.5 Å². The number of halogens is 5. The Morgan fingerprint density at radius 1 is 1.37 bits per heavy atom. The van der Waals surface area contributed by atoms with Gasteiger partial charge in [-0.2, -0.15) is 13.2 Å². The summed E-state index contributed by atoms with van der Waals surface area (Å²) in [5.74, 6) is -1.17. The number of rotatable bonds is 7. The number of aromatic nitrogens is 1. The summed E-state index contributed by atoms with van der Waals surface area (Å²) in [5.41, 5.74) is 4.98. The molecule has 1 amide bonds. The molecule has 0 aliphatic heterocycles. The van der Waals surface area contributed by atoms with Crippen molar-refractivity contribution >= 4 is 35.8 Å². The van der Waals surface area contributed by atoms with Gasteiger partial charge in [-0.1, -0.05) is 11.6 Å². The number of pyridine rings is 1. The number of amides is 1. The van der Waals surface area contributed by atoms with Crippen molar-refractivity contribution in [2.75, 3.05) is 7.05 Å². The molecule has 30 heavy (non-hydrogen) atoms. The maximum absolute atomic E-state index is 13.8. The summed E-state index contributed by atoms with van der Waals surface area (Å²) in [5, 5.41) is -0.302. The van der Waals surface area contributed by atoms with Crippen molar-refractivity contribution in [2.45, 2.75) is 18.0 Å². The van der Waals surface area contributed by atoms with Crippen LogP contribution in [0.2, 0.25) is 5.02 Å². The SMILES string of the molecule is CN=C(N)/C(F)=C\N(C=O)Sc1ccc(Oc2ncc(C(F)(F)F)cc2Cl)cc1C. The zero-order chi connectivity index (χ0) is 22.5. The topological polar surface area (TPSA) is 80.8 Å². The zero-order valence-electron chi connectivity index (χ0n) is 15.6. The summed E-state index contributed by atoms with van der Waals surface area (Å²) >= 11 is 6.74. The number of ether oxygens (including phenoxy) is 1. The summed E-state index contributed by atoms with van der Waals surface area (Å²) in [6, 6.07) is 5.35. The fraction of sp³-hybridized carbons (Fsp3) is 0.167. The Balaban J connectivity index is 2.18. The molecule has 0 atom stereocenters. The van der Waals surface area contributed by atoms with Crippen molar-refractivity contribution in [1.29, 1.82) is 0 Å². The average Bonchev–Trinajstić information content (AvgIpc) is 2.69. The molecule has 2 N–H and O–H groups in total. The molecule has 0 saturated carbocycles. The van der Waals surface area contributed by atoms with Crippen LogP contribution in [0.1, 0.15) is 11.1 Å². The predicted molar refractivity (Wildman–Crippen MR) is 106 cm³/mol. The van der Waals surface area contributed by atoms with Gasteiger partial charge in [0.2, 0.25) is 12.3 Å². The Kier molecular flexibility index (Phi) is 7.68. The molecule has 0 spiro atoms. The molecular weight excluding hydrogens is 448 g/mol. The monoisotopic (exact) mass is 462 g/mol. The third kappa shape index (κ3) is 6.10. The van der Waals surface area contributed by atoms with Gasteiger partial charge in [0.05, 0.1) is 11.8 Å². The maximum atomic E-state index is 13.8. The average molecular weight is 463 g/mol. The number of nitrogens with two attached hydrogens (primary N) is 1. The van der Waals surface area contributed by atoms with E-state index in [4.69, 9.17) is 22.1 Å². The van der Waals surface area contributed by atoms with Gasteiger partial charge in [0.25, 0.3) is 0 Å². The minimum Gasteiger partial charge on any atom is -0.438 e. The second kappa shape index (κ2) is 9.81. The van der Waals surface area contributed by atoms with Crippen LogP contribution in [0.15, 0.2) is 52.4 Å². The third-order valence-corrected chi connectivity index (χ3v) is 4.86. The number of aryl methyl sites for hydroxylation is 1. The van der Waals surface area contributed by atoms with Gasteiger partial charge in [-0.05, 0) is 48.7 Å². The van der Waals surface area contributed by atoms with Crippen LogP contribution in [0.5, 0.6) is 11.6 Å². The summed E-state index contributed by atoms with van der Waals surface area (Å²) in [4.78, 5) is 18.9. The number of nitrogens with zero attached hydrogens (tertiary/aromatic N) is 3. The van der Waals surface area contributed by atoms with Crippen LogP contribution in [0.3, 0.4) is 0 Å². The van der Waals surface area contributed by atoms with E-state index in [1.807, 2.05) is 0 Å². The maximum Gasteiger partial charge on any atom is 0.417 e. The van der Waals surface area contributed by atoms with E-state index in [9.17, 15) is 22.4 Å². The van der Waals surface area contributed by atoms with Crippen LogP contribution in [-0.4, -0.2) is 28.6 Å². The Labute approximate surface area is 178 Å². The molecule has 0 aliphatic carbocycles. The van der Waals surface area contributed by atoms with E-state index >= 15 is 0 Å². The van der Waals surface area contributed by atoms with Crippen molar-refractivity contribution in [3.8, 4) is 11.6 Å². The number of amidine groups is 1. The second-order valence-corrected chi connectivity index (χ2v) is 7.13. The van der Waals surface area contributed by atoms with Gasteiger partial charge in [0.15, 0.2) is 11.7 Å². The van der Waals surface area contributed by atoms with Gasteiger partial charge in [-0.25, -0.2) is 9.37 Å². The summed E-state index contributed by atoms with van der Waals surface area (Å²) in [7, 11) is 1.31. The lowest BCUT2D eigenvalue weighted by molar-refractivity contribution is -0.137. The molecule has 0 unspecified atom stereocenters. The zero-order valence-corrected chi connectivity index (χ0v) is 17.1. The molecule has 1 heterocycles. The number of hydrogen-bond donors (Lipinski definition) is 1. The molecule has 0 bridgehead atoms. The van der Waals surface area contributed by atoms with Crippen LogP contribution in [0, 0.1) is 6.92 Å². The van der Waals surface area contributed by atoms with Gasteiger partial charge >= 0.3 is 6.18 Å². The van der Waals surface area contributed by atoms with Gasteiger partial charge < -0.3 is 10.5 Å². The molecule has 12 heteroatoms. The molecule has 1 aromatic heterocycles. The largest absolute Gasteiger partial charge is 0.438 e. The van der Waals surface area contributed by atoms with Crippen molar-refractivity contribution in [3.05, 3.63) is 58.6 Å². The normalized spacial score (nSPS) is 12.6. The Bertz CT molecular complexity index is 999. The first-order valence-electron chi connectivity index (χ1n) is 8.08. The number of benzene rings is 1. The third-order valence-electron chi connectivity index (χ3n) is 3.53. The smallest absolute Gasteiger partial charge is 0.417 e. The first-order chi connectivity index (χ1) is 14.0. The molecule has 0 radical (unpaired) electrons. The minimum absolute atomic E-state index is 0.196. The Morgan fingerprint density at radius 3 is 2.60 bits per heavy atom. The van der Waals surface area contributed by atoms with Gasteiger partial charge in [0.1, 0.15) is 10.8 Å². The minimum atomic E-state index is -4.57. The van der Waals surface area contributed by atoms with Crippen LogP contribution in [-0.2, 0) is 11.0 Å². The number of hydrogen-bond acceptors (Lipinski definition) is 5. The van der Waals surface area contributed by atoms with Crippen molar-refractivity contribution in [3.63, 3.8) is 0 Å². The number of aliphatic imine (C=N–C) groups is 1. The first kappa shape index (κ1) is 23.5. The van der Waals surface area contributed by atoms with E-state index in [0.29, 0.717) is 23.1 Å². The van der Waals surface area contributed by atoms with Crippen molar-refractivity contribution in [1.82, 2.24) is 9.29 Å². The highest BCUT2D eigenvalue weighted by molar-refractivity contribution is 7.97. The highest BCUT2D eigenvalue weighted by Crippen LogP contribution is 2.36. The summed E-state index contributed by atoms with van der Waals surface area (Å²) in [6.07, 6.45) is -2.68. The number of carbonyl (C=O) groups is 1. The highest BCUT2D eigenvalue weighted by atomic mass is 35.5. The molecule has 2 rings (SSSR count). The lowest BCUT2D eigenvalue weighted by atomic mass is 10.2. The molecule has 0 aliphatic rings. The standard InChI is InChI=1S/C18H15ClF4N4O2S/c1-10-5-12(29-17-13(19)6-11(7-26-17)18(21,22)23)3-4-15(10)30-27(9-28)8-14(20)16(24)25-2/h3-9H,1-2H3,(H2,24,25)/b14-8+. The molecule has 0 fully saturated rings. The fourth-order valence-corrected chi connectivity index (χ4v) is 2.98. The fourth-order valence-electron chi connectivity index (χ4n) is 2.03. The van der Waals surface area contributed by atoms with E-state index in [1.54, 1.807) is 19.1 Å². The first-order valence-corrected chi connectivity index (χ1v) is 9.23. The quantitative estimate of drug-likeness (QED) is 0.203. The van der Waals surface area contributed by atoms with E-state index < -0.39 is 17.6 Å². The van der Waals surface area contributed by atoms with Crippen LogP contribution < -0.4 is 10.5 Å². The van der Waals surface area contributed by atoms with Crippen LogP contribution in [0.25, 0.3) is 0 Å². The molecule has 0 saturated heterocycles. The predicted octanol–water partition coefficient (Wildman–Crippen LogP) is 5.12. The Hall–Kier alpha value is -2.79. The van der Waals surface area contributed by atoms with Crippen molar-refractivity contribution in [2.24, 2.45) is 10.7 Å². The molecule has 1 aromatic carbocycles. The Morgan fingerprint density at radius 2 is 2.07 bits per heavy atom. The van der Waals surface area contributed by atoms with E-state index in [-0.39, 0.29) is 22.5 Å². The van der Waals surface area contributed by atoms with E-state index in [1.165, 1.54) is 13.1 Å². The van der Waals surface area contributed by atoms with Crippen LogP contribution in [0.4, 0.5) is 17.6 Å². The van der Waals surface area contributed by atoms with Gasteiger partial charge in [0, 0.05) is 18.1 Å². The second-order valence-electron chi connectivity index (χ2n) is 5.68. The summed E-state index contributed by atoms with van der Waals surface area (Å²) < 4.78 is 58.2. The van der Waals surface area contributed by atoms with E-state index in [2.05, 4.69) is 9.98 Å². The molecule has 2 aromatic rings. The number of carbonyl (C=O) groups excluding carboxylic acids is 1. The van der Waals surface area contributed by atoms with Crippen molar-refractivity contribution < 1.29 is 27.1 Å². The lowest BCUT2D eigenvalue weighted by Gasteiger charge is -2.14. The molecular formula is C18H15ClF4N4O2S. The van der Waals surface area contributed by atoms with Gasteiger partial charge in [-0.15, -0.1) is 0 Å². The van der Waals surface area contributed by atoms with Gasteiger partial charge in [-0.3, -0.25) is 14.1 Å². The highest BCUT2D eigenvalue weighted by Gasteiger charge is 2.31.